The van der Waals surface area contributed by atoms with E-state index in [1.165, 1.54) is 0 Å². The highest BCUT2D eigenvalue weighted by Gasteiger charge is 2.67. The van der Waals surface area contributed by atoms with E-state index >= 15 is 0 Å². The lowest BCUT2D eigenvalue weighted by Crippen LogP contribution is -2.69. The number of fused-ring (bicyclic) bond motifs is 4. The predicted molar refractivity (Wildman–Crippen MR) is 202 cm³/mol. The minimum atomic E-state index is -1.37. The van der Waals surface area contributed by atoms with Crippen LogP contribution in [-0.2, 0) is 28.9 Å². The van der Waals surface area contributed by atoms with Gasteiger partial charge in [0.1, 0.15) is 18.0 Å². The summed E-state index contributed by atoms with van der Waals surface area (Å²) < 4.78 is 42.5. The molecule has 0 aromatic heterocycles. The average molecular weight is 711 g/mol. The van der Waals surface area contributed by atoms with E-state index < -0.39 is 52.8 Å². The van der Waals surface area contributed by atoms with Gasteiger partial charge in [-0.1, -0.05) is 164 Å². The van der Waals surface area contributed by atoms with Gasteiger partial charge in [0.15, 0.2) is 18.0 Å². The van der Waals surface area contributed by atoms with Crippen LogP contribution >= 0.6 is 16.3 Å². The first-order valence-electron chi connectivity index (χ1n) is 17.2. The zero-order chi connectivity index (χ0) is 34.0. The molecule has 0 bridgehead atoms. The van der Waals surface area contributed by atoms with Crippen LogP contribution in [0.25, 0.3) is 0 Å². The fraction of sp³-hybridized carbons (Fsp3) is 0.163. The van der Waals surface area contributed by atoms with E-state index in [-0.39, 0.29) is 6.61 Å². The predicted octanol–water partition coefficient (Wildman–Crippen LogP) is 7.61. The van der Waals surface area contributed by atoms with Crippen LogP contribution in [0.5, 0.6) is 5.75 Å². The Morgan fingerprint density at radius 2 is 1.18 bits per heavy atom. The van der Waals surface area contributed by atoms with Crippen LogP contribution in [0.1, 0.15) is 17.4 Å². The molecule has 0 radical (unpaired) electrons. The van der Waals surface area contributed by atoms with Crippen LogP contribution in [0, 0.1) is 0 Å². The van der Waals surface area contributed by atoms with E-state index in [0.29, 0.717) is 5.75 Å². The van der Waals surface area contributed by atoms with Crippen molar-refractivity contribution in [3.63, 3.8) is 0 Å². The summed E-state index contributed by atoms with van der Waals surface area (Å²) in [5.74, 6) is 0.671. The van der Waals surface area contributed by atoms with Gasteiger partial charge in [0.05, 0.1) is 22.9 Å². The summed E-state index contributed by atoms with van der Waals surface area (Å²) in [6, 6.07) is 59.6. The Hall–Kier alpha value is -4.22. The molecule has 6 nitrogen and oxygen atoms in total. The lowest BCUT2D eigenvalue weighted by atomic mass is 9.78. The smallest absolute Gasteiger partial charge is 0.230 e. The van der Waals surface area contributed by atoms with Gasteiger partial charge in [-0.2, -0.15) is 0 Å². The summed E-state index contributed by atoms with van der Waals surface area (Å²) in [7, 11) is -2.65. The first-order chi connectivity index (χ1) is 25.3. The van der Waals surface area contributed by atoms with Crippen molar-refractivity contribution in [3.8, 4) is 5.75 Å². The van der Waals surface area contributed by atoms with E-state index in [0.717, 1.165) is 32.3 Å². The summed E-state index contributed by atoms with van der Waals surface area (Å²) in [5.41, 5.74) is 0.815. The van der Waals surface area contributed by atoms with Gasteiger partial charge in [-0.3, -0.25) is 0 Å². The summed E-state index contributed by atoms with van der Waals surface area (Å²) in [4.78, 5) is 0. The van der Waals surface area contributed by atoms with Gasteiger partial charge in [0.25, 0.3) is 0 Å². The molecular weight excluding hydrogens is 674 g/mol. The molecule has 0 saturated carbocycles. The minimum absolute atomic E-state index is 0.286. The van der Waals surface area contributed by atoms with Crippen LogP contribution in [-0.4, -0.2) is 31.2 Å². The first kappa shape index (κ1) is 32.7. The van der Waals surface area contributed by atoms with Gasteiger partial charge < -0.3 is 28.0 Å². The van der Waals surface area contributed by atoms with Crippen molar-refractivity contribution in [1.29, 1.82) is 0 Å². The third kappa shape index (κ3) is 6.22. The van der Waals surface area contributed by atoms with E-state index in [1.807, 2.05) is 78.9 Å². The van der Waals surface area contributed by atoms with Gasteiger partial charge in [-0.25, -0.2) is 0 Å². The van der Waals surface area contributed by atoms with E-state index in [9.17, 15) is 0 Å². The molecule has 254 valence electrons. The summed E-state index contributed by atoms with van der Waals surface area (Å²) in [6.45, 7) is 0.286. The molecule has 8 heteroatoms. The molecular formula is C43H36O6P2. The highest BCUT2D eigenvalue weighted by Crippen LogP contribution is 2.61. The van der Waals surface area contributed by atoms with Gasteiger partial charge in [-0.15, -0.1) is 0 Å². The van der Waals surface area contributed by atoms with Gasteiger partial charge in [0, 0.05) is 32.3 Å². The molecule has 3 heterocycles. The van der Waals surface area contributed by atoms with E-state index in [4.69, 9.17) is 28.0 Å². The number of para-hydroxylation sites is 1. The third-order valence-corrected chi connectivity index (χ3v) is 13.5. The number of hydrogen-bond donors (Lipinski definition) is 0. The van der Waals surface area contributed by atoms with Crippen LogP contribution in [0.15, 0.2) is 176 Å². The third-order valence-electron chi connectivity index (χ3n) is 9.47. The summed E-state index contributed by atoms with van der Waals surface area (Å²) >= 11 is 0. The first-order valence-corrected chi connectivity index (χ1v) is 19.7. The molecule has 1 spiro atoms. The second-order valence-electron chi connectivity index (χ2n) is 12.6. The van der Waals surface area contributed by atoms with E-state index in [1.54, 1.807) is 0 Å². The van der Waals surface area contributed by atoms with Crippen LogP contribution in [0.3, 0.4) is 0 Å². The maximum Gasteiger partial charge on any atom is 0.230 e. The Labute approximate surface area is 300 Å². The van der Waals surface area contributed by atoms with E-state index in [2.05, 4.69) is 97.1 Å². The topological polar surface area (TPSA) is 55.4 Å². The summed E-state index contributed by atoms with van der Waals surface area (Å²) in [6.07, 6.45) is -3.37. The molecule has 0 aliphatic carbocycles. The molecule has 3 aliphatic heterocycles. The van der Waals surface area contributed by atoms with Crippen molar-refractivity contribution in [2.75, 3.05) is 6.61 Å². The Morgan fingerprint density at radius 3 is 1.84 bits per heavy atom. The normalized spacial score (nSPS) is 26.8. The SMILES string of the molecule is c1ccc(OC2OC3COC(c4ccccc4)OC3C3(OP(c4ccccc4)c4ccccc43)C2OP(c2ccccc2)c2ccccc2)cc1. The molecule has 3 aliphatic rings. The van der Waals surface area contributed by atoms with Crippen molar-refractivity contribution in [1.82, 2.24) is 0 Å². The quantitative estimate of drug-likeness (QED) is 0.152. The molecule has 7 unspecified atom stereocenters. The Kier molecular flexibility index (Phi) is 9.24. The standard InChI is InChI=1S/C43H36O6P2/c1-6-18-31(19-7-1)41-44-30-37-39(47-41)43(36-28-16-17-29-38(36)51(49-43)35-26-14-5-15-27-35)40(42(46-37)45-32-20-8-2-9-21-32)48-50(33-22-10-3-11-23-33)34-24-12-4-13-25-34/h1-29,37,39-42H,30H2. The number of benzene rings is 6. The largest absolute Gasteiger partial charge is 0.462 e. The van der Waals surface area contributed by atoms with Crippen LogP contribution < -0.4 is 26.0 Å². The second kappa shape index (κ2) is 14.4. The number of rotatable bonds is 8. The van der Waals surface area contributed by atoms with Crippen LogP contribution in [0.4, 0.5) is 0 Å². The summed E-state index contributed by atoms with van der Waals surface area (Å²) in [5, 5.41) is 4.38. The molecule has 2 fully saturated rings. The van der Waals surface area contributed by atoms with Gasteiger partial charge >= 0.3 is 0 Å². The molecule has 2 saturated heterocycles. The molecule has 0 N–H and O–H groups in total. The molecule has 51 heavy (non-hydrogen) atoms. The maximum absolute atomic E-state index is 7.66. The molecule has 7 atom stereocenters. The second-order valence-corrected chi connectivity index (χ2v) is 16.2. The van der Waals surface area contributed by atoms with Crippen molar-refractivity contribution >= 4 is 37.5 Å². The number of ether oxygens (including phenoxy) is 4. The fourth-order valence-corrected chi connectivity index (χ4v) is 11.3. The van der Waals surface area contributed by atoms with Crippen molar-refractivity contribution < 1.29 is 28.0 Å². The maximum atomic E-state index is 7.66. The van der Waals surface area contributed by atoms with Gasteiger partial charge in [-0.05, 0) is 12.1 Å². The molecule has 9 rings (SSSR count). The van der Waals surface area contributed by atoms with Gasteiger partial charge in [0.2, 0.25) is 6.29 Å². The molecule has 6 aromatic carbocycles. The van der Waals surface area contributed by atoms with Crippen molar-refractivity contribution in [3.05, 3.63) is 187 Å². The lowest BCUT2D eigenvalue weighted by molar-refractivity contribution is -0.369. The van der Waals surface area contributed by atoms with Crippen molar-refractivity contribution in [2.24, 2.45) is 0 Å². The molecule has 0 amide bonds. The number of hydrogen-bond acceptors (Lipinski definition) is 6. The zero-order valence-corrected chi connectivity index (χ0v) is 29.5. The monoisotopic (exact) mass is 710 g/mol. The Morgan fingerprint density at radius 1 is 0.608 bits per heavy atom. The average Bonchev–Trinajstić information content (AvgIpc) is 3.55. The molecule has 6 aromatic rings. The highest BCUT2D eigenvalue weighted by molar-refractivity contribution is 7.69. The minimum Gasteiger partial charge on any atom is -0.462 e. The zero-order valence-electron chi connectivity index (χ0n) is 27.7. The Bertz CT molecular complexity index is 2000. The lowest BCUT2D eigenvalue weighted by Gasteiger charge is -2.54. The fourth-order valence-electron chi connectivity index (χ4n) is 7.17. The van der Waals surface area contributed by atoms with Crippen molar-refractivity contribution in [2.45, 2.75) is 36.5 Å². The van der Waals surface area contributed by atoms with Crippen LogP contribution in [0.2, 0.25) is 0 Å². The highest BCUT2D eigenvalue weighted by atomic mass is 31.1. The Balaban J connectivity index is 1.24.